The molecule has 1 atom stereocenters. The summed E-state index contributed by atoms with van der Waals surface area (Å²) in [7, 11) is -0.567. The quantitative estimate of drug-likeness (QED) is 0.520. The number of halogens is 3. The molecule has 3 heterocycles. The van der Waals surface area contributed by atoms with Crippen molar-refractivity contribution in [3.63, 3.8) is 0 Å². The minimum absolute atomic E-state index is 0.0238. The minimum atomic E-state index is -3.47. The number of rotatable bonds is 7. The number of aromatic nitrogens is 3. The highest BCUT2D eigenvalue weighted by Gasteiger charge is 2.50. The molecule has 13 heteroatoms. The summed E-state index contributed by atoms with van der Waals surface area (Å²) in [5, 5.41) is 3.42. The lowest BCUT2D eigenvalue weighted by molar-refractivity contribution is -0.0986. The van der Waals surface area contributed by atoms with Crippen LogP contribution in [-0.2, 0) is 27.4 Å². The van der Waals surface area contributed by atoms with Crippen LogP contribution >= 0.6 is 0 Å². The Bertz CT molecular complexity index is 1460. The van der Waals surface area contributed by atoms with E-state index in [1.165, 1.54) is 47.6 Å². The van der Waals surface area contributed by atoms with Crippen molar-refractivity contribution in [2.45, 2.75) is 25.0 Å². The number of methoxy groups -OCH3 is 1. The highest BCUT2D eigenvalue weighted by molar-refractivity contribution is 7.88. The molecular weight excluding hydrogens is 487 g/mol. The second kappa shape index (κ2) is 8.88. The average molecular weight is 512 g/mol. The summed E-state index contributed by atoms with van der Waals surface area (Å²) in [5.41, 5.74) is -1.77. The summed E-state index contributed by atoms with van der Waals surface area (Å²) in [6.45, 7) is 1.51. The molecule has 0 bridgehead atoms. The lowest BCUT2D eigenvalue weighted by atomic mass is 9.88. The van der Waals surface area contributed by atoms with Crippen molar-refractivity contribution in [2.75, 3.05) is 31.8 Å². The minimum Gasteiger partial charge on any atom is -0.371 e. The average Bonchev–Trinajstić information content (AvgIpc) is 2.76. The van der Waals surface area contributed by atoms with E-state index >= 15 is 0 Å². The molecule has 2 aromatic heterocycles. The Morgan fingerprint density at radius 3 is 2.46 bits per heavy atom. The first-order valence-electron chi connectivity index (χ1n) is 10.6. The van der Waals surface area contributed by atoms with E-state index in [4.69, 9.17) is 4.74 Å². The number of hydrogen-bond donors (Lipinski definition) is 1. The van der Waals surface area contributed by atoms with Crippen molar-refractivity contribution in [2.24, 2.45) is 7.05 Å². The number of pyridine rings is 1. The van der Waals surface area contributed by atoms with Gasteiger partial charge in [-0.1, -0.05) is 18.2 Å². The predicted octanol–water partition coefficient (Wildman–Crippen LogP) is 2.70. The van der Waals surface area contributed by atoms with Gasteiger partial charge in [0.05, 0.1) is 28.8 Å². The second-order valence-corrected chi connectivity index (χ2v) is 10.5. The van der Waals surface area contributed by atoms with Crippen LogP contribution < -0.4 is 10.9 Å². The van der Waals surface area contributed by atoms with Crippen LogP contribution in [0.15, 0.2) is 35.4 Å². The topological polar surface area (TPSA) is 106 Å². The number of fused-ring (bicyclic) bond motifs is 1. The maximum Gasteiger partial charge on any atom is 0.266 e. The monoisotopic (exact) mass is 511 g/mol. The van der Waals surface area contributed by atoms with Crippen LogP contribution in [0.1, 0.15) is 36.1 Å². The third-order valence-electron chi connectivity index (χ3n) is 6.33. The van der Waals surface area contributed by atoms with Crippen LogP contribution in [0.4, 0.5) is 19.0 Å². The summed E-state index contributed by atoms with van der Waals surface area (Å²) in [4.78, 5) is 21.5. The highest BCUT2D eigenvalue weighted by Crippen LogP contribution is 2.37. The van der Waals surface area contributed by atoms with Gasteiger partial charge >= 0.3 is 0 Å². The molecule has 9 nitrogen and oxygen atoms in total. The van der Waals surface area contributed by atoms with E-state index < -0.39 is 45.0 Å². The van der Waals surface area contributed by atoms with Crippen LogP contribution in [0.3, 0.4) is 0 Å². The van der Waals surface area contributed by atoms with Gasteiger partial charge in [-0.15, -0.1) is 0 Å². The Morgan fingerprint density at radius 1 is 1.20 bits per heavy atom. The Kier molecular flexibility index (Phi) is 6.36. The fourth-order valence-electron chi connectivity index (χ4n) is 4.23. The number of nitrogens with one attached hydrogen (secondary N) is 1. The molecule has 1 fully saturated rings. The van der Waals surface area contributed by atoms with Gasteiger partial charge in [-0.3, -0.25) is 9.36 Å². The van der Waals surface area contributed by atoms with Gasteiger partial charge in [0.1, 0.15) is 29.2 Å². The molecule has 0 radical (unpaired) electrons. The lowest BCUT2D eigenvalue weighted by Crippen LogP contribution is -2.63. The SMILES string of the molecule is COC1(c2cc3c(N[C@H](C)c4cccc(C(F)F)c4F)ncnc3n(C)c2=O)CN(S(C)(=O)=O)C1. The van der Waals surface area contributed by atoms with Gasteiger partial charge in [-0.25, -0.2) is 31.6 Å². The van der Waals surface area contributed by atoms with Crippen LogP contribution in [0.2, 0.25) is 0 Å². The summed E-state index contributed by atoms with van der Waals surface area (Å²) >= 11 is 0. The van der Waals surface area contributed by atoms with Crippen molar-refractivity contribution in [1.29, 1.82) is 0 Å². The van der Waals surface area contributed by atoms with E-state index in [0.29, 0.717) is 5.39 Å². The Hall–Kier alpha value is -3.03. The summed E-state index contributed by atoms with van der Waals surface area (Å²) in [6, 6.07) is 4.55. The number of alkyl halides is 2. The zero-order valence-corrected chi connectivity index (χ0v) is 20.2. The zero-order chi connectivity index (χ0) is 25.7. The first kappa shape index (κ1) is 25.1. The van der Waals surface area contributed by atoms with Crippen LogP contribution in [0.5, 0.6) is 0 Å². The molecule has 1 aromatic carbocycles. The maximum atomic E-state index is 14.7. The third kappa shape index (κ3) is 4.28. The van der Waals surface area contributed by atoms with E-state index in [9.17, 15) is 26.4 Å². The molecule has 1 saturated heterocycles. The molecule has 0 unspecified atom stereocenters. The zero-order valence-electron chi connectivity index (χ0n) is 19.4. The summed E-state index contributed by atoms with van der Waals surface area (Å²) in [6.07, 6.45) is -0.661. The van der Waals surface area contributed by atoms with Gasteiger partial charge in [0.2, 0.25) is 10.0 Å². The number of anilines is 1. The fraction of sp³-hybridized carbons (Fsp3) is 0.409. The molecule has 3 aromatic rings. The summed E-state index contributed by atoms with van der Waals surface area (Å²) in [5.74, 6) is -0.769. The first-order valence-corrected chi connectivity index (χ1v) is 12.4. The highest BCUT2D eigenvalue weighted by atomic mass is 32.2. The van der Waals surface area contributed by atoms with Crippen molar-refractivity contribution in [3.8, 4) is 0 Å². The smallest absolute Gasteiger partial charge is 0.266 e. The number of ether oxygens (including phenoxy) is 1. The van der Waals surface area contributed by atoms with Crippen molar-refractivity contribution in [3.05, 3.63) is 63.5 Å². The molecule has 1 N–H and O–H groups in total. The lowest BCUT2D eigenvalue weighted by Gasteiger charge is -2.47. The molecular formula is C22H24F3N5O4S. The number of hydrogen-bond acceptors (Lipinski definition) is 7. The van der Waals surface area contributed by atoms with Gasteiger partial charge in [0, 0.05) is 32.8 Å². The molecule has 35 heavy (non-hydrogen) atoms. The van der Waals surface area contributed by atoms with Gasteiger partial charge in [0.15, 0.2) is 0 Å². The van der Waals surface area contributed by atoms with E-state index in [1.54, 1.807) is 6.92 Å². The van der Waals surface area contributed by atoms with Crippen molar-refractivity contribution >= 4 is 26.9 Å². The molecule has 0 aliphatic carbocycles. The van der Waals surface area contributed by atoms with E-state index in [2.05, 4.69) is 15.3 Å². The van der Waals surface area contributed by atoms with Crippen molar-refractivity contribution < 1.29 is 26.3 Å². The molecule has 0 spiro atoms. The molecule has 1 aliphatic heterocycles. The first-order chi connectivity index (χ1) is 16.4. The molecule has 0 amide bonds. The fourth-order valence-corrected chi connectivity index (χ4v) is 5.12. The standard InChI is InChI=1S/C22H24F3N5O4S/c1-12(13-6-5-7-14(17(13)23)18(24)25)28-19-15-8-16(21(31)29(2)20(15)27-11-26-19)22(34-3)9-30(10-22)35(4,32)33/h5-8,11-12,18H,9-10H2,1-4H3,(H,26,27,28)/t12-/m1/s1. The summed E-state index contributed by atoms with van der Waals surface area (Å²) < 4.78 is 72.9. The van der Waals surface area contributed by atoms with Gasteiger partial charge in [0.25, 0.3) is 12.0 Å². The van der Waals surface area contributed by atoms with E-state index in [0.717, 1.165) is 12.3 Å². The van der Waals surface area contributed by atoms with Crippen molar-refractivity contribution in [1.82, 2.24) is 18.8 Å². The number of nitrogens with zero attached hydrogens (tertiary/aromatic N) is 4. The van der Waals surface area contributed by atoms with Gasteiger partial charge in [-0.2, -0.15) is 4.31 Å². The molecule has 1 aliphatic rings. The molecule has 0 saturated carbocycles. The molecule has 4 rings (SSSR count). The van der Waals surface area contributed by atoms with Crippen LogP contribution in [-0.4, -0.2) is 53.7 Å². The number of aryl methyl sites for hydroxylation is 1. The van der Waals surface area contributed by atoms with Gasteiger partial charge in [-0.05, 0) is 13.0 Å². The van der Waals surface area contributed by atoms with Crippen LogP contribution in [0.25, 0.3) is 11.0 Å². The maximum absolute atomic E-state index is 14.7. The van der Waals surface area contributed by atoms with Crippen LogP contribution in [0, 0.1) is 5.82 Å². The second-order valence-electron chi connectivity index (χ2n) is 8.53. The normalized spacial score (nSPS) is 16.9. The van der Waals surface area contributed by atoms with E-state index in [-0.39, 0.29) is 35.7 Å². The third-order valence-corrected chi connectivity index (χ3v) is 7.53. The largest absolute Gasteiger partial charge is 0.371 e. The molecule has 188 valence electrons. The Labute approximate surface area is 199 Å². The van der Waals surface area contributed by atoms with E-state index in [1.807, 2.05) is 0 Å². The number of benzene rings is 1. The Balaban J connectivity index is 1.78. The number of sulfonamides is 1. The predicted molar refractivity (Wildman–Crippen MR) is 123 cm³/mol. The van der Waals surface area contributed by atoms with Gasteiger partial charge < -0.3 is 10.1 Å². The Morgan fingerprint density at radius 2 is 1.86 bits per heavy atom.